The molecule has 0 bridgehead atoms. The first-order valence-corrected chi connectivity index (χ1v) is 7.28. The summed E-state index contributed by atoms with van der Waals surface area (Å²) in [5, 5.41) is 0. The molecule has 0 fully saturated rings. The van der Waals surface area contributed by atoms with Crippen molar-refractivity contribution in [1.29, 1.82) is 0 Å². The highest BCUT2D eigenvalue weighted by molar-refractivity contribution is 5.76. The van der Waals surface area contributed by atoms with E-state index in [-0.39, 0.29) is 22.6 Å². The van der Waals surface area contributed by atoms with Gasteiger partial charge in [0.1, 0.15) is 0 Å². The average Bonchev–Trinajstić information content (AvgIpc) is 2.51. The molecule has 1 aromatic carbocycles. The maximum atomic E-state index is 14.8. The minimum atomic E-state index is -6.21. The fourth-order valence-electron chi connectivity index (χ4n) is 2.81. The number of aryl methyl sites for hydroxylation is 2. The van der Waals surface area contributed by atoms with Gasteiger partial charge in [0.05, 0.1) is 7.11 Å². The number of hydrogen-bond donors (Lipinski definition) is 0. The van der Waals surface area contributed by atoms with Crippen LogP contribution in [0.3, 0.4) is 0 Å². The molecule has 0 N–H and O–H groups in total. The number of alkyl halides is 7. The Morgan fingerprint density at radius 2 is 1.50 bits per heavy atom. The van der Waals surface area contributed by atoms with Gasteiger partial charge in [0.15, 0.2) is 0 Å². The minimum Gasteiger partial charge on any atom is -0.481 e. The standard InChI is InChI=1S/C17H14F7NO/c1-9-7-10(2)13(11-5-4-6-25-14(11)26-3)12(8-9)15(18,16(19,20)21)17(22,23)24/h4-8H,1-3H3. The summed E-state index contributed by atoms with van der Waals surface area (Å²) >= 11 is 0. The van der Waals surface area contributed by atoms with Gasteiger partial charge in [-0.15, -0.1) is 0 Å². The molecule has 0 amide bonds. The van der Waals surface area contributed by atoms with Gasteiger partial charge in [-0.05, 0) is 37.1 Å². The lowest BCUT2D eigenvalue weighted by Crippen LogP contribution is -2.50. The molecule has 26 heavy (non-hydrogen) atoms. The van der Waals surface area contributed by atoms with Crippen LogP contribution in [0.25, 0.3) is 11.1 Å². The van der Waals surface area contributed by atoms with Crippen molar-refractivity contribution < 1.29 is 35.5 Å². The molecule has 0 radical (unpaired) electrons. The van der Waals surface area contributed by atoms with Gasteiger partial charge >= 0.3 is 18.0 Å². The zero-order chi connectivity index (χ0) is 19.9. The number of nitrogens with zero attached hydrogens (tertiary/aromatic N) is 1. The quantitative estimate of drug-likeness (QED) is 0.640. The molecule has 0 aliphatic carbocycles. The molecule has 0 spiro atoms. The Morgan fingerprint density at radius 1 is 0.923 bits per heavy atom. The van der Waals surface area contributed by atoms with Crippen LogP contribution in [-0.4, -0.2) is 24.4 Å². The molecule has 142 valence electrons. The van der Waals surface area contributed by atoms with Crippen LogP contribution in [-0.2, 0) is 5.67 Å². The zero-order valence-corrected chi connectivity index (χ0v) is 13.9. The van der Waals surface area contributed by atoms with E-state index >= 15 is 0 Å². The van der Waals surface area contributed by atoms with Crippen molar-refractivity contribution >= 4 is 0 Å². The molecule has 0 saturated heterocycles. The van der Waals surface area contributed by atoms with Gasteiger partial charge in [-0.2, -0.15) is 26.3 Å². The predicted octanol–water partition coefficient (Wildman–Crippen LogP) is 5.66. The summed E-state index contributed by atoms with van der Waals surface area (Å²) in [6.45, 7) is 2.58. The highest BCUT2D eigenvalue weighted by Gasteiger charge is 2.74. The normalized spacial score (nSPS) is 13.0. The summed E-state index contributed by atoms with van der Waals surface area (Å²) in [5.41, 5.74) is -7.73. The molecular formula is C17H14F7NO. The lowest BCUT2D eigenvalue weighted by atomic mass is 9.83. The van der Waals surface area contributed by atoms with E-state index in [9.17, 15) is 30.7 Å². The zero-order valence-electron chi connectivity index (χ0n) is 13.9. The smallest absolute Gasteiger partial charge is 0.435 e. The lowest BCUT2D eigenvalue weighted by molar-refractivity contribution is -0.348. The van der Waals surface area contributed by atoms with E-state index in [1.54, 1.807) is 0 Å². The van der Waals surface area contributed by atoms with Crippen LogP contribution in [0.1, 0.15) is 16.7 Å². The second-order valence-electron chi connectivity index (χ2n) is 5.72. The molecule has 0 aliphatic rings. The first-order chi connectivity index (χ1) is 11.8. The van der Waals surface area contributed by atoms with Gasteiger partial charge in [0.2, 0.25) is 5.88 Å². The van der Waals surface area contributed by atoms with Gasteiger partial charge in [0.25, 0.3) is 0 Å². The largest absolute Gasteiger partial charge is 0.481 e. The maximum absolute atomic E-state index is 14.8. The molecule has 0 unspecified atom stereocenters. The molecular weight excluding hydrogens is 367 g/mol. The highest BCUT2D eigenvalue weighted by Crippen LogP contribution is 2.56. The molecule has 0 saturated carbocycles. The minimum absolute atomic E-state index is 0.0295. The Labute approximate surface area is 144 Å². The van der Waals surface area contributed by atoms with Crippen molar-refractivity contribution in [3.8, 4) is 17.0 Å². The Balaban J connectivity index is 2.98. The van der Waals surface area contributed by atoms with Crippen LogP contribution in [0.4, 0.5) is 30.7 Å². The van der Waals surface area contributed by atoms with E-state index in [1.807, 2.05) is 0 Å². The first-order valence-electron chi connectivity index (χ1n) is 7.28. The summed E-state index contributed by atoms with van der Waals surface area (Å²) in [5.74, 6) is -0.215. The van der Waals surface area contributed by atoms with Crippen LogP contribution in [0.15, 0.2) is 30.5 Å². The van der Waals surface area contributed by atoms with Crippen molar-refractivity contribution in [1.82, 2.24) is 4.98 Å². The Bertz CT molecular complexity index is 798. The van der Waals surface area contributed by atoms with E-state index in [0.29, 0.717) is 6.07 Å². The summed E-state index contributed by atoms with van der Waals surface area (Å²) in [7, 11) is 1.16. The van der Waals surface area contributed by atoms with Gasteiger partial charge in [-0.1, -0.05) is 17.7 Å². The van der Waals surface area contributed by atoms with Crippen molar-refractivity contribution in [2.24, 2.45) is 0 Å². The average molecular weight is 381 g/mol. The fourth-order valence-corrected chi connectivity index (χ4v) is 2.81. The number of methoxy groups -OCH3 is 1. The Kier molecular flexibility index (Phi) is 4.95. The molecule has 2 nitrogen and oxygen atoms in total. The van der Waals surface area contributed by atoms with Crippen molar-refractivity contribution in [2.45, 2.75) is 31.9 Å². The lowest BCUT2D eigenvalue weighted by Gasteiger charge is -2.33. The van der Waals surface area contributed by atoms with Crippen molar-refractivity contribution in [3.63, 3.8) is 0 Å². The molecule has 0 atom stereocenters. The molecule has 2 rings (SSSR count). The molecule has 9 heteroatoms. The van der Waals surface area contributed by atoms with E-state index in [1.165, 1.54) is 38.2 Å². The van der Waals surface area contributed by atoms with E-state index < -0.39 is 29.1 Å². The number of benzene rings is 1. The van der Waals surface area contributed by atoms with Crippen LogP contribution in [0, 0.1) is 13.8 Å². The summed E-state index contributed by atoms with van der Waals surface area (Å²) < 4.78 is 99.4. The Morgan fingerprint density at radius 3 is 2.00 bits per heavy atom. The van der Waals surface area contributed by atoms with Crippen LogP contribution in [0.2, 0.25) is 0 Å². The highest BCUT2D eigenvalue weighted by atomic mass is 19.4. The summed E-state index contributed by atoms with van der Waals surface area (Å²) in [4.78, 5) is 3.78. The third-order valence-electron chi connectivity index (χ3n) is 3.87. The molecule has 2 aromatic rings. The number of aromatic nitrogens is 1. The number of hydrogen-bond acceptors (Lipinski definition) is 2. The molecule has 1 aromatic heterocycles. The SMILES string of the molecule is COc1ncccc1-c1c(C)cc(C)cc1C(F)(C(F)(F)F)C(F)(F)F. The second-order valence-corrected chi connectivity index (χ2v) is 5.72. The van der Waals surface area contributed by atoms with Gasteiger partial charge in [-0.3, -0.25) is 0 Å². The van der Waals surface area contributed by atoms with Crippen LogP contribution in [0.5, 0.6) is 5.88 Å². The topological polar surface area (TPSA) is 22.1 Å². The number of halogens is 7. The third-order valence-corrected chi connectivity index (χ3v) is 3.87. The van der Waals surface area contributed by atoms with Crippen molar-refractivity contribution in [3.05, 3.63) is 47.2 Å². The van der Waals surface area contributed by atoms with E-state index in [2.05, 4.69) is 4.98 Å². The molecule has 0 aliphatic heterocycles. The fraction of sp³-hybridized carbons (Fsp3) is 0.353. The number of rotatable bonds is 3. The van der Waals surface area contributed by atoms with Crippen molar-refractivity contribution in [2.75, 3.05) is 7.11 Å². The Hall–Kier alpha value is -2.32. The molecule has 1 heterocycles. The second kappa shape index (κ2) is 6.44. The monoisotopic (exact) mass is 381 g/mol. The first kappa shape index (κ1) is 20.0. The summed E-state index contributed by atoms with van der Waals surface area (Å²) in [6, 6.07) is 4.44. The maximum Gasteiger partial charge on any atom is 0.435 e. The number of ether oxygens (including phenoxy) is 1. The summed E-state index contributed by atoms with van der Waals surface area (Å²) in [6.07, 6.45) is -11.2. The van der Waals surface area contributed by atoms with Crippen LogP contribution >= 0.6 is 0 Å². The van der Waals surface area contributed by atoms with Gasteiger partial charge < -0.3 is 4.74 Å². The van der Waals surface area contributed by atoms with Gasteiger partial charge in [0, 0.05) is 17.3 Å². The van der Waals surface area contributed by atoms with E-state index in [0.717, 1.165) is 7.11 Å². The van der Waals surface area contributed by atoms with Crippen LogP contribution < -0.4 is 4.74 Å². The van der Waals surface area contributed by atoms with E-state index in [4.69, 9.17) is 4.74 Å². The third kappa shape index (κ3) is 3.10. The number of pyridine rings is 1. The van der Waals surface area contributed by atoms with Gasteiger partial charge in [-0.25, -0.2) is 9.37 Å². The predicted molar refractivity (Wildman–Crippen MR) is 80.6 cm³/mol.